The van der Waals surface area contributed by atoms with Crippen molar-refractivity contribution in [2.45, 2.75) is 50.8 Å². The Morgan fingerprint density at radius 2 is 1.92 bits per heavy atom. The molecule has 3 heterocycles. The number of hydrogen-bond acceptors (Lipinski definition) is 7. The van der Waals surface area contributed by atoms with Gasteiger partial charge in [0.15, 0.2) is 17.4 Å². The first-order valence-corrected chi connectivity index (χ1v) is 12.7. The maximum atomic E-state index is 13.5. The smallest absolute Gasteiger partial charge is 0.411 e. The van der Waals surface area contributed by atoms with Gasteiger partial charge in [0.25, 0.3) is 5.91 Å². The van der Waals surface area contributed by atoms with E-state index in [2.05, 4.69) is 10.4 Å². The van der Waals surface area contributed by atoms with Crippen molar-refractivity contribution < 1.29 is 23.8 Å². The Bertz CT molecular complexity index is 1160. The van der Waals surface area contributed by atoms with Gasteiger partial charge >= 0.3 is 6.09 Å². The number of aromatic nitrogens is 3. The molecule has 5 rings (SSSR count). The molecule has 3 aliphatic rings. The second-order valence-electron chi connectivity index (χ2n) is 9.22. The van der Waals surface area contributed by atoms with Crippen LogP contribution >= 0.6 is 11.6 Å². The highest BCUT2D eigenvalue weighted by atomic mass is 35.5. The third-order valence-electron chi connectivity index (χ3n) is 7.12. The van der Waals surface area contributed by atoms with Gasteiger partial charge in [-0.3, -0.25) is 4.79 Å². The third kappa shape index (κ3) is 4.60. The molecule has 1 spiro atoms. The molecule has 0 radical (unpaired) electrons. The minimum atomic E-state index is -0.797. The van der Waals surface area contributed by atoms with Gasteiger partial charge in [-0.2, -0.15) is 5.10 Å². The summed E-state index contributed by atoms with van der Waals surface area (Å²) in [5, 5.41) is 8.38. The molecule has 0 unspecified atom stereocenters. The van der Waals surface area contributed by atoms with Crippen LogP contribution in [0.1, 0.15) is 38.4 Å². The zero-order valence-corrected chi connectivity index (χ0v) is 21.2. The van der Waals surface area contributed by atoms with E-state index in [0.29, 0.717) is 68.1 Å². The van der Waals surface area contributed by atoms with Gasteiger partial charge in [-0.05, 0) is 56.9 Å². The number of carbonyl (C=O) groups excluding carboxylic acids is 2. The predicted molar refractivity (Wildman–Crippen MR) is 132 cm³/mol. The molecule has 11 heteroatoms. The average Bonchev–Trinajstić information content (AvgIpc) is 3.43. The average molecular weight is 516 g/mol. The number of benzene rings is 1. The van der Waals surface area contributed by atoms with Crippen molar-refractivity contribution in [3.63, 3.8) is 0 Å². The van der Waals surface area contributed by atoms with Crippen LogP contribution in [-0.2, 0) is 25.5 Å². The lowest BCUT2D eigenvalue weighted by atomic mass is 9.79. The summed E-state index contributed by atoms with van der Waals surface area (Å²) in [7, 11) is 1.69. The summed E-state index contributed by atoms with van der Waals surface area (Å²) in [6, 6.07) is 7.20. The molecule has 1 saturated heterocycles. The Morgan fingerprint density at radius 1 is 1.22 bits per heavy atom. The van der Waals surface area contributed by atoms with Gasteiger partial charge in [0.1, 0.15) is 5.57 Å². The number of ether oxygens (including phenoxy) is 3. The van der Waals surface area contributed by atoms with E-state index in [9.17, 15) is 9.59 Å². The molecule has 0 atom stereocenters. The van der Waals surface area contributed by atoms with Gasteiger partial charge in [0.05, 0.1) is 24.9 Å². The number of rotatable bonds is 5. The molecule has 2 fully saturated rings. The topological polar surface area (TPSA) is 108 Å². The Labute approximate surface area is 214 Å². The molecule has 2 amide bonds. The summed E-state index contributed by atoms with van der Waals surface area (Å²) in [6.07, 6.45) is 2.27. The van der Waals surface area contributed by atoms with Gasteiger partial charge in [0, 0.05) is 37.3 Å². The van der Waals surface area contributed by atoms with E-state index in [0.717, 1.165) is 18.4 Å². The minimum Gasteiger partial charge on any atom is -0.411 e. The van der Waals surface area contributed by atoms with Crippen LogP contribution in [0.5, 0.6) is 0 Å². The van der Waals surface area contributed by atoms with Crippen molar-refractivity contribution in [3.05, 3.63) is 40.9 Å². The van der Waals surface area contributed by atoms with Crippen LogP contribution in [0, 0.1) is 0 Å². The number of amides is 2. The molecule has 10 nitrogen and oxygen atoms in total. The minimum absolute atomic E-state index is 0.101. The number of hydrogen-bond donors (Lipinski definition) is 1. The largest absolute Gasteiger partial charge is 0.415 e. The van der Waals surface area contributed by atoms with Crippen molar-refractivity contribution >= 4 is 29.2 Å². The molecular formula is C25H30ClN5O5. The first kappa shape index (κ1) is 24.7. The monoisotopic (exact) mass is 515 g/mol. The first-order chi connectivity index (χ1) is 17.4. The number of nitrogens with one attached hydrogen (secondary N) is 1. The molecule has 1 saturated carbocycles. The molecule has 1 aliphatic carbocycles. The summed E-state index contributed by atoms with van der Waals surface area (Å²) >= 11 is 6.04. The highest BCUT2D eigenvalue weighted by Gasteiger charge is 2.51. The van der Waals surface area contributed by atoms with Crippen LogP contribution in [0.25, 0.3) is 17.0 Å². The van der Waals surface area contributed by atoms with Crippen LogP contribution in [0.2, 0.25) is 5.02 Å². The molecule has 1 aromatic carbocycles. The van der Waals surface area contributed by atoms with E-state index in [1.165, 1.54) is 0 Å². The molecular weight excluding hydrogens is 486 g/mol. The maximum absolute atomic E-state index is 13.5. The highest BCUT2D eigenvalue weighted by Crippen LogP contribution is 2.44. The van der Waals surface area contributed by atoms with Crippen molar-refractivity contribution in [3.8, 4) is 11.4 Å². The fourth-order valence-corrected chi connectivity index (χ4v) is 5.20. The van der Waals surface area contributed by atoms with Gasteiger partial charge in [-0.15, -0.1) is 0 Å². The van der Waals surface area contributed by atoms with Crippen molar-refractivity contribution in [2.75, 3.05) is 33.4 Å². The van der Waals surface area contributed by atoms with E-state index in [1.807, 2.05) is 19.1 Å². The standard InChI is InChI=1S/C25H30ClN5O5/c1-3-31-22(27-21(29-31)16-4-6-17(26)7-5-16)19-20(36-24(33)30-12-14-35-15-13-30)25(28-23(19)32)10-8-18(34-2)9-11-25/h4-7,18H,3,8-15H2,1-2H3,(H,28,32). The van der Waals surface area contributed by atoms with Crippen LogP contribution in [0.3, 0.4) is 0 Å². The molecule has 36 heavy (non-hydrogen) atoms. The number of aryl methyl sites for hydroxylation is 1. The van der Waals surface area contributed by atoms with Crippen LogP contribution < -0.4 is 5.32 Å². The maximum Gasteiger partial charge on any atom is 0.415 e. The van der Waals surface area contributed by atoms with Crippen molar-refractivity contribution in [2.24, 2.45) is 0 Å². The Balaban J connectivity index is 1.57. The van der Waals surface area contributed by atoms with Gasteiger partial charge in [-0.25, -0.2) is 14.5 Å². The lowest BCUT2D eigenvalue weighted by Crippen LogP contribution is -2.50. The number of methoxy groups -OCH3 is 1. The number of morpholine rings is 1. The lowest BCUT2D eigenvalue weighted by molar-refractivity contribution is -0.116. The normalized spacial score (nSPS) is 24.4. The van der Waals surface area contributed by atoms with Crippen LogP contribution in [0.4, 0.5) is 4.79 Å². The van der Waals surface area contributed by atoms with Gasteiger partial charge in [-0.1, -0.05) is 11.6 Å². The SMILES string of the molecule is CCn1nc(-c2ccc(Cl)cc2)nc1C1=C(OC(=O)N2CCOCC2)C2(CCC(OC)CC2)NC1=O. The van der Waals surface area contributed by atoms with Crippen molar-refractivity contribution in [1.82, 2.24) is 25.0 Å². The van der Waals surface area contributed by atoms with E-state index in [1.54, 1.807) is 28.8 Å². The number of nitrogens with zero attached hydrogens (tertiary/aromatic N) is 4. The Kier molecular flexibility index (Phi) is 7.00. The zero-order valence-electron chi connectivity index (χ0n) is 20.5. The van der Waals surface area contributed by atoms with Crippen LogP contribution in [-0.4, -0.2) is 76.7 Å². The van der Waals surface area contributed by atoms with E-state index in [-0.39, 0.29) is 17.6 Å². The molecule has 1 aromatic heterocycles. The van der Waals surface area contributed by atoms with Gasteiger partial charge in [0.2, 0.25) is 0 Å². The first-order valence-electron chi connectivity index (χ1n) is 12.3. The summed E-state index contributed by atoms with van der Waals surface area (Å²) in [5.74, 6) is 0.839. The van der Waals surface area contributed by atoms with E-state index in [4.69, 9.17) is 30.8 Å². The highest BCUT2D eigenvalue weighted by molar-refractivity contribution is 6.30. The zero-order chi connectivity index (χ0) is 25.3. The molecule has 1 N–H and O–H groups in total. The Morgan fingerprint density at radius 3 is 2.56 bits per heavy atom. The molecule has 0 bridgehead atoms. The summed E-state index contributed by atoms with van der Waals surface area (Å²) in [4.78, 5) is 33.0. The third-order valence-corrected chi connectivity index (χ3v) is 7.37. The lowest BCUT2D eigenvalue weighted by Gasteiger charge is -2.38. The van der Waals surface area contributed by atoms with Crippen LogP contribution in [0.15, 0.2) is 30.0 Å². The summed E-state index contributed by atoms with van der Waals surface area (Å²) in [6.45, 7) is 4.19. The molecule has 2 aromatic rings. The van der Waals surface area contributed by atoms with E-state index >= 15 is 0 Å². The second-order valence-corrected chi connectivity index (χ2v) is 9.66. The molecule has 2 aliphatic heterocycles. The molecule has 192 valence electrons. The summed E-state index contributed by atoms with van der Waals surface area (Å²) < 4.78 is 18.7. The quantitative estimate of drug-likeness (QED) is 0.651. The van der Waals surface area contributed by atoms with Crippen molar-refractivity contribution in [1.29, 1.82) is 0 Å². The number of halogens is 1. The second kappa shape index (κ2) is 10.2. The fraction of sp³-hybridized carbons (Fsp3) is 0.520. The summed E-state index contributed by atoms with van der Waals surface area (Å²) in [5.41, 5.74) is 0.227. The Hall–Kier alpha value is -2.95. The fourth-order valence-electron chi connectivity index (χ4n) is 5.07. The van der Waals surface area contributed by atoms with E-state index < -0.39 is 11.6 Å². The van der Waals surface area contributed by atoms with Gasteiger partial charge < -0.3 is 24.4 Å². The predicted octanol–water partition coefficient (Wildman–Crippen LogP) is 3.26. The number of carbonyl (C=O) groups is 2.